The van der Waals surface area contributed by atoms with Crippen molar-refractivity contribution in [1.82, 2.24) is 0 Å². The monoisotopic (exact) mass is 384 g/mol. The number of ether oxygens (including phenoxy) is 2. The summed E-state index contributed by atoms with van der Waals surface area (Å²) in [4.78, 5) is 35.8. The number of carbonyl (C=O) groups excluding carboxylic acids is 3. The van der Waals surface area contributed by atoms with Crippen LogP contribution < -0.4 is 4.74 Å². The SMILES string of the molecule is CCCCCCCCOc1ccc(C=CC(=O)C2C(=O)C=C(C)OC2=O)cc1. The lowest BCUT2D eigenvalue weighted by atomic mass is 9.96. The normalized spacial score (nSPS) is 16.8. The maximum absolute atomic E-state index is 12.2. The molecule has 0 bridgehead atoms. The summed E-state index contributed by atoms with van der Waals surface area (Å²) in [6.07, 6.45) is 11.3. The van der Waals surface area contributed by atoms with Crippen LogP contribution >= 0.6 is 0 Å². The third-order valence-electron chi connectivity index (χ3n) is 4.50. The van der Waals surface area contributed by atoms with Gasteiger partial charge in [0.15, 0.2) is 17.5 Å². The van der Waals surface area contributed by atoms with E-state index < -0.39 is 23.5 Å². The molecule has 0 aliphatic carbocycles. The zero-order chi connectivity index (χ0) is 20.4. The first-order valence-corrected chi connectivity index (χ1v) is 9.90. The highest BCUT2D eigenvalue weighted by molar-refractivity contribution is 6.25. The summed E-state index contributed by atoms with van der Waals surface area (Å²) in [6, 6.07) is 7.33. The van der Waals surface area contributed by atoms with E-state index in [1.165, 1.54) is 51.2 Å². The van der Waals surface area contributed by atoms with E-state index >= 15 is 0 Å². The predicted octanol–water partition coefficient (Wildman–Crippen LogP) is 4.65. The number of allylic oxidation sites excluding steroid dienone is 3. The fraction of sp³-hybridized carbons (Fsp3) is 0.435. The molecule has 5 heteroatoms. The van der Waals surface area contributed by atoms with Crippen LogP contribution in [0.15, 0.2) is 42.2 Å². The van der Waals surface area contributed by atoms with E-state index in [1.807, 2.05) is 24.3 Å². The van der Waals surface area contributed by atoms with Gasteiger partial charge in [0.05, 0.1) is 6.61 Å². The van der Waals surface area contributed by atoms with E-state index in [2.05, 4.69) is 6.92 Å². The van der Waals surface area contributed by atoms with Gasteiger partial charge in [0.25, 0.3) is 0 Å². The van der Waals surface area contributed by atoms with Crippen LogP contribution in [-0.4, -0.2) is 24.1 Å². The minimum absolute atomic E-state index is 0.208. The maximum Gasteiger partial charge on any atom is 0.329 e. The van der Waals surface area contributed by atoms with Crippen molar-refractivity contribution in [2.45, 2.75) is 52.4 Å². The second-order valence-corrected chi connectivity index (χ2v) is 6.93. The van der Waals surface area contributed by atoms with Crippen LogP contribution in [0.3, 0.4) is 0 Å². The van der Waals surface area contributed by atoms with Crippen molar-refractivity contribution in [3.63, 3.8) is 0 Å². The van der Waals surface area contributed by atoms with Gasteiger partial charge in [-0.25, -0.2) is 0 Å². The summed E-state index contributed by atoms with van der Waals surface area (Å²) in [5.41, 5.74) is 0.781. The van der Waals surface area contributed by atoms with Gasteiger partial charge < -0.3 is 9.47 Å². The minimum atomic E-state index is -1.40. The van der Waals surface area contributed by atoms with E-state index in [-0.39, 0.29) is 5.76 Å². The molecule has 1 atom stereocenters. The number of unbranched alkanes of at least 4 members (excludes halogenated alkanes) is 5. The Morgan fingerprint density at radius 2 is 1.75 bits per heavy atom. The molecule has 2 rings (SSSR count). The van der Waals surface area contributed by atoms with E-state index in [0.29, 0.717) is 6.61 Å². The summed E-state index contributed by atoms with van der Waals surface area (Å²) in [5.74, 6) is -2.36. The first kappa shape index (κ1) is 21.6. The van der Waals surface area contributed by atoms with Gasteiger partial charge in [-0.05, 0) is 37.1 Å². The number of cyclic esters (lactones) is 1. The van der Waals surface area contributed by atoms with Crippen LogP contribution in [0.25, 0.3) is 6.08 Å². The molecule has 1 aliphatic heterocycles. The fourth-order valence-corrected chi connectivity index (χ4v) is 2.93. The van der Waals surface area contributed by atoms with Crippen molar-refractivity contribution in [2.75, 3.05) is 6.61 Å². The molecule has 1 heterocycles. The lowest BCUT2D eigenvalue weighted by Gasteiger charge is -2.15. The van der Waals surface area contributed by atoms with Gasteiger partial charge >= 0.3 is 5.97 Å². The summed E-state index contributed by atoms with van der Waals surface area (Å²) < 4.78 is 10.6. The van der Waals surface area contributed by atoms with Gasteiger partial charge in [-0.1, -0.05) is 57.2 Å². The molecule has 0 fully saturated rings. The molecule has 0 saturated carbocycles. The summed E-state index contributed by atoms with van der Waals surface area (Å²) >= 11 is 0. The number of benzene rings is 1. The Kier molecular flexibility index (Phi) is 8.66. The number of hydrogen-bond acceptors (Lipinski definition) is 5. The van der Waals surface area contributed by atoms with Crippen molar-refractivity contribution in [3.05, 3.63) is 47.7 Å². The minimum Gasteiger partial charge on any atom is -0.494 e. The Bertz CT molecular complexity index is 743. The van der Waals surface area contributed by atoms with Crippen LogP contribution in [0.2, 0.25) is 0 Å². The number of hydrogen-bond donors (Lipinski definition) is 0. The average molecular weight is 384 g/mol. The Balaban J connectivity index is 1.79. The van der Waals surface area contributed by atoms with Gasteiger partial charge in [0.2, 0.25) is 0 Å². The maximum atomic E-state index is 12.2. The van der Waals surface area contributed by atoms with Crippen molar-refractivity contribution in [2.24, 2.45) is 5.92 Å². The van der Waals surface area contributed by atoms with E-state index in [4.69, 9.17) is 9.47 Å². The highest BCUT2D eigenvalue weighted by Gasteiger charge is 2.36. The average Bonchev–Trinajstić information content (AvgIpc) is 2.66. The van der Waals surface area contributed by atoms with E-state index in [1.54, 1.807) is 6.08 Å². The molecule has 1 unspecified atom stereocenters. The van der Waals surface area contributed by atoms with Gasteiger partial charge in [0.1, 0.15) is 11.5 Å². The highest BCUT2D eigenvalue weighted by atomic mass is 16.5. The predicted molar refractivity (Wildman–Crippen MR) is 108 cm³/mol. The third-order valence-corrected chi connectivity index (χ3v) is 4.50. The van der Waals surface area contributed by atoms with Crippen LogP contribution in [0.1, 0.15) is 57.9 Å². The first-order chi connectivity index (χ1) is 13.5. The van der Waals surface area contributed by atoms with Crippen molar-refractivity contribution < 1.29 is 23.9 Å². The zero-order valence-corrected chi connectivity index (χ0v) is 16.6. The van der Waals surface area contributed by atoms with Crippen LogP contribution in [0.4, 0.5) is 0 Å². The van der Waals surface area contributed by atoms with Gasteiger partial charge in [-0.2, -0.15) is 0 Å². The summed E-state index contributed by atoms with van der Waals surface area (Å²) in [7, 11) is 0. The molecule has 0 radical (unpaired) electrons. The lowest BCUT2D eigenvalue weighted by Crippen LogP contribution is -2.34. The second kappa shape index (κ2) is 11.2. The molecule has 0 N–H and O–H groups in total. The molecular formula is C23H28O5. The number of carbonyl (C=O) groups is 3. The molecule has 150 valence electrons. The van der Waals surface area contributed by atoms with E-state index in [0.717, 1.165) is 17.7 Å². The Labute approximate surface area is 166 Å². The van der Waals surface area contributed by atoms with Gasteiger partial charge in [-0.15, -0.1) is 0 Å². The Morgan fingerprint density at radius 3 is 2.43 bits per heavy atom. The van der Waals surface area contributed by atoms with Crippen molar-refractivity contribution in [1.29, 1.82) is 0 Å². The van der Waals surface area contributed by atoms with Crippen molar-refractivity contribution >= 4 is 23.6 Å². The molecule has 1 aromatic carbocycles. The topological polar surface area (TPSA) is 69.7 Å². The zero-order valence-electron chi connectivity index (χ0n) is 16.6. The second-order valence-electron chi connectivity index (χ2n) is 6.93. The van der Waals surface area contributed by atoms with Crippen molar-refractivity contribution in [3.8, 4) is 5.75 Å². The third kappa shape index (κ3) is 6.80. The smallest absolute Gasteiger partial charge is 0.329 e. The first-order valence-electron chi connectivity index (χ1n) is 9.90. The highest BCUT2D eigenvalue weighted by Crippen LogP contribution is 2.18. The molecule has 0 amide bonds. The standard InChI is InChI=1S/C23H28O5/c1-3-4-5-6-7-8-15-27-19-12-9-18(10-13-19)11-14-20(24)22-21(25)16-17(2)28-23(22)26/h9-14,16,22H,3-8,15H2,1-2H3. The van der Waals surface area contributed by atoms with Crippen LogP contribution in [0, 0.1) is 5.92 Å². The molecule has 5 nitrogen and oxygen atoms in total. The number of esters is 1. The number of rotatable bonds is 11. The molecule has 28 heavy (non-hydrogen) atoms. The molecule has 1 aliphatic rings. The molecule has 0 spiro atoms. The summed E-state index contributed by atoms with van der Waals surface area (Å²) in [5, 5.41) is 0. The summed E-state index contributed by atoms with van der Waals surface area (Å²) in [6.45, 7) is 4.40. The Hall–Kier alpha value is -2.69. The lowest BCUT2D eigenvalue weighted by molar-refractivity contribution is -0.151. The van der Waals surface area contributed by atoms with Gasteiger partial charge in [-0.3, -0.25) is 14.4 Å². The van der Waals surface area contributed by atoms with Crippen LogP contribution in [-0.2, 0) is 19.1 Å². The van der Waals surface area contributed by atoms with Gasteiger partial charge in [0, 0.05) is 6.08 Å². The molecule has 0 aromatic heterocycles. The fourth-order valence-electron chi connectivity index (χ4n) is 2.93. The number of ketones is 2. The Morgan fingerprint density at radius 1 is 1.07 bits per heavy atom. The van der Waals surface area contributed by atoms with Crippen LogP contribution in [0.5, 0.6) is 5.75 Å². The van der Waals surface area contributed by atoms with E-state index in [9.17, 15) is 14.4 Å². The molecule has 1 aromatic rings. The largest absolute Gasteiger partial charge is 0.494 e. The quantitative estimate of drug-likeness (QED) is 0.240. The molecule has 0 saturated heterocycles. The molecular weight excluding hydrogens is 356 g/mol.